The van der Waals surface area contributed by atoms with E-state index < -0.39 is 11.0 Å². The highest BCUT2D eigenvalue weighted by atomic mass is 16.6. The zero-order chi connectivity index (χ0) is 16.8. The summed E-state index contributed by atoms with van der Waals surface area (Å²) in [5.74, 6) is 0.164. The number of nitrogens with one attached hydrogen (secondary N) is 1. The van der Waals surface area contributed by atoms with E-state index in [0.717, 1.165) is 11.1 Å². The number of benzene rings is 2. The summed E-state index contributed by atoms with van der Waals surface area (Å²) in [4.78, 5) is 22.1. The van der Waals surface area contributed by atoms with Gasteiger partial charge in [0.05, 0.1) is 4.92 Å². The van der Waals surface area contributed by atoms with Crippen LogP contribution in [0.2, 0.25) is 0 Å². The monoisotopic (exact) mass is 314 g/mol. The third-order valence-electron chi connectivity index (χ3n) is 3.32. The molecule has 6 nitrogen and oxygen atoms in total. The third-order valence-corrected chi connectivity index (χ3v) is 3.32. The lowest BCUT2D eigenvalue weighted by molar-refractivity contribution is -0.384. The highest BCUT2D eigenvalue weighted by Crippen LogP contribution is 2.18. The Morgan fingerprint density at radius 1 is 1.17 bits per heavy atom. The minimum absolute atomic E-state index is 0.0196. The van der Waals surface area contributed by atoms with Crippen molar-refractivity contribution in [1.29, 1.82) is 0 Å². The maximum Gasteiger partial charge on any atom is 0.269 e. The molecule has 0 spiro atoms. The zero-order valence-corrected chi connectivity index (χ0v) is 13.0. The molecular formula is C17H18N2O4. The second-order valence-electron chi connectivity index (χ2n) is 5.21. The van der Waals surface area contributed by atoms with Crippen molar-refractivity contribution in [2.75, 3.05) is 0 Å². The van der Waals surface area contributed by atoms with Gasteiger partial charge in [-0.05, 0) is 31.5 Å². The van der Waals surface area contributed by atoms with E-state index in [1.54, 1.807) is 6.92 Å². The van der Waals surface area contributed by atoms with E-state index in [1.807, 2.05) is 31.2 Å². The van der Waals surface area contributed by atoms with Crippen LogP contribution in [0, 0.1) is 17.0 Å². The van der Waals surface area contributed by atoms with Crippen LogP contribution < -0.4 is 10.1 Å². The van der Waals surface area contributed by atoms with E-state index in [9.17, 15) is 14.9 Å². The fraction of sp³-hybridized carbons (Fsp3) is 0.235. The van der Waals surface area contributed by atoms with Gasteiger partial charge in [-0.25, -0.2) is 0 Å². The molecule has 23 heavy (non-hydrogen) atoms. The minimum Gasteiger partial charge on any atom is -0.481 e. The summed E-state index contributed by atoms with van der Waals surface area (Å²) < 4.78 is 5.48. The average molecular weight is 314 g/mol. The topological polar surface area (TPSA) is 81.5 Å². The Hall–Kier alpha value is -2.89. The van der Waals surface area contributed by atoms with Crippen molar-refractivity contribution in [2.24, 2.45) is 0 Å². The predicted octanol–water partition coefficient (Wildman–Crippen LogP) is 2.99. The highest BCUT2D eigenvalue weighted by Gasteiger charge is 2.15. The molecule has 0 radical (unpaired) electrons. The van der Waals surface area contributed by atoms with E-state index in [0.29, 0.717) is 12.3 Å². The lowest BCUT2D eigenvalue weighted by Crippen LogP contribution is -2.35. The van der Waals surface area contributed by atoms with Crippen LogP contribution in [0.5, 0.6) is 5.75 Å². The predicted molar refractivity (Wildman–Crippen MR) is 86.2 cm³/mol. The number of aryl methyl sites for hydroxylation is 1. The van der Waals surface area contributed by atoms with Crippen molar-refractivity contribution in [2.45, 2.75) is 26.5 Å². The van der Waals surface area contributed by atoms with E-state index in [2.05, 4.69) is 5.32 Å². The standard InChI is InChI=1S/C17H18N2O4/c1-12-3-5-14(6-4-12)11-18-17(20)13(2)23-16-9-7-15(8-10-16)19(21)22/h3-10,13H,11H2,1-2H3,(H,18,20). The number of nitro groups is 1. The second kappa shape index (κ2) is 7.40. The smallest absolute Gasteiger partial charge is 0.269 e. The number of nitrogens with zero attached hydrogens (tertiary/aromatic N) is 1. The molecule has 2 aromatic rings. The summed E-state index contributed by atoms with van der Waals surface area (Å²) in [7, 11) is 0. The number of carbonyl (C=O) groups is 1. The summed E-state index contributed by atoms with van der Waals surface area (Å²) in [6.45, 7) is 4.06. The van der Waals surface area contributed by atoms with Gasteiger partial charge >= 0.3 is 0 Å². The first-order chi connectivity index (χ1) is 11.0. The van der Waals surface area contributed by atoms with Gasteiger partial charge in [0.25, 0.3) is 11.6 Å². The van der Waals surface area contributed by atoms with Gasteiger partial charge < -0.3 is 10.1 Å². The first-order valence-electron chi connectivity index (χ1n) is 7.20. The summed E-state index contributed by atoms with van der Waals surface area (Å²) in [5, 5.41) is 13.4. The van der Waals surface area contributed by atoms with Crippen molar-refractivity contribution in [1.82, 2.24) is 5.32 Å². The molecule has 0 bridgehead atoms. The van der Waals surface area contributed by atoms with E-state index in [-0.39, 0.29) is 11.6 Å². The molecule has 120 valence electrons. The van der Waals surface area contributed by atoms with Crippen molar-refractivity contribution in [3.8, 4) is 5.75 Å². The van der Waals surface area contributed by atoms with Crippen molar-refractivity contribution >= 4 is 11.6 Å². The van der Waals surface area contributed by atoms with E-state index in [4.69, 9.17) is 4.74 Å². The van der Waals surface area contributed by atoms with Gasteiger partial charge in [0.15, 0.2) is 6.10 Å². The second-order valence-corrected chi connectivity index (χ2v) is 5.21. The number of rotatable bonds is 6. The fourth-order valence-electron chi connectivity index (χ4n) is 1.94. The first-order valence-corrected chi connectivity index (χ1v) is 7.20. The highest BCUT2D eigenvalue weighted by molar-refractivity contribution is 5.80. The van der Waals surface area contributed by atoms with E-state index in [1.165, 1.54) is 24.3 Å². The molecule has 0 fully saturated rings. The number of amides is 1. The van der Waals surface area contributed by atoms with Crippen LogP contribution in [0.25, 0.3) is 0 Å². The molecule has 0 aliphatic carbocycles. The van der Waals surface area contributed by atoms with Gasteiger partial charge in [0.2, 0.25) is 0 Å². The Morgan fingerprint density at radius 2 is 1.78 bits per heavy atom. The summed E-state index contributed by atoms with van der Waals surface area (Å²) in [6, 6.07) is 13.5. The van der Waals surface area contributed by atoms with Crippen LogP contribution >= 0.6 is 0 Å². The van der Waals surface area contributed by atoms with Crippen LogP contribution in [0.3, 0.4) is 0 Å². The molecule has 2 aromatic carbocycles. The van der Waals surface area contributed by atoms with Gasteiger partial charge in [0, 0.05) is 18.7 Å². The maximum absolute atomic E-state index is 12.0. The molecule has 0 aromatic heterocycles. The summed E-state index contributed by atoms with van der Waals surface area (Å²) in [5.41, 5.74) is 2.15. The molecule has 1 amide bonds. The molecule has 6 heteroatoms. The van der Waals surface area contributed by atoms with Crippen molar-refractivity contribution in [3.05, 3.63) is 69.8 Å². The van der Waals surface area contributed by atoms with Gasteiger partial charge in [0.1, 0.15) is 5.75 Å². The average Bonchev–Trinajstić information content (AvgIpc) is 2.54. The van der Waals surface area contributed by atoms with Gasteiger partial charge in [-0.1, -0.05) is 29.8 Å². The van der Waals surface area contributed by atoms with Crippen molar-refractivity contribution < 1.29 is 14.5 Å². The Kier molecular flexibility index (Phi) is 5.30. The van der Waals surface area contributed by atoms with Crippen LogP contribution in [-0.2, 0) is 11.3 Å². The summed E-state index contributed by atoms with van der Waals surface area (Å²) >= 11 is 0. The van der Waals surface area contributed by atoms with Gasteiger partial charge in [-0.3, -0.25) is 14.9 Å². The number of nitro benzene ring substituents is 1. The Labute approximate surface area is 134 Å². The van der Waals surface area contributed by atoms with Crippen LogP contribution in [0.1, 0.15) is 18.1 Å². The Balaban J connectivity index is 1.86. The number of hydrogen-bond acceptors (Lipinski definition) is 4. The Bertz CT molecular complexity index is 681. The molecule has 1 atom stereocenters. The number of hydrogen-bond donors (Lipinski definition) is 1. The number of carbonyl (C=O) groups excluding carboxylic acids is 1. The van der Waals surface area contributed by atoms with Gasteiger partial charge in [-0.2, -0.15) is 0 Å². The quantitative estimate of drug-likeness (QED) is 0.656. The fourth-order valence-corrected chi connectivity index (χ4v) is 1.94. The van der Waals surface area contributed by atoms with Crippen LogP contribution in [-0.4, -0.2) is 16.9 Å². The van der Waals surface area contributed by atoms with Crippen LogP contribution in [0.4, 0.5) is 5.69 Å². The minimum atomic E-state index is -0.693. The third kappa shape index (κ3) is 4.81. The summed E-state index contributed by atoms with van der Waals surface area (Å²) in [6.07, 6.45) is -0.693. The molecule has 1 N–H and O–H groups in total. The maximum atomic E-state index is 12.0. The van der Waals surface area contributed by atoms with E-state index >= 15 is 0 Å². The molecule has 0 saturated carbocycles. The molecule has 1 unspecified atom stereocenters. The van der Waals surface area contributed by atoms with Gasteiger partial charge in [-0.15, -0.1) is 0 Å². The lowest BCUT2D eigenvalue weighted by atomic mass is 10.1. The van der Waals surface area contributed by atoms with Crippen molar-refractivity contribution in [3.63, 3.8) is 0 Å². The zero-order valence-electron chi connectivity index (χ0n) is 13.0. The first kappa shape index (κ1) is 16.5. The van der Waals surface area contributed by atoms with Crippen LogP contribution in [0.15, 0.2) is 48.5 Å². The number of ether oxygens (including phenoxy) is 1. The SMILES string of the molecule is Cc1ccc(CNC(=O)C(C)Oc2ccc([N+](=O)[O-])cc2)cc1. The molecular weight excluding hydrogens is 296 g/mol. The largest absolute Gasteiger partial charge is 0.481 e. The molecule has 0 saturated heterocycles. The lowest BCUT2D eigenvalue weighted by Gasteiger charge is -2.14. The normalized spacial score (nSPS) is 11.6. The molecule has 0 heterocycles. The molecule has 2 rings (SSSR count). The molecule has 0 aliphatic rings. The molecule has 0 aliphatic heterocycles. The number of non-ortho nitro benzene ring substituents is 1. The Morgan fingerprint density at radius 3 is 2.35 bits per heavy atom.